The van der Waals surface area contributed by atoms with Crippen LogP contribution in [0.4, 0.5) is 0 Å². The molecular formula is C16H15NO4S. The zero-order chi connectivity index (χ0) is 15.5. The molecule has 2 heterocycles. The van der Waals surface area contributed by atoms with Crippen molar-refractivity contribution in [3.05, 3.63) is 52.2 Å². The Kier molecular flexibility index (Phi) is 4.11. The molecule has 1 aliphatic rings. The first-order chi connectivity index (χ1) is 10.6. The van der Waals surface area contributed by atoms with E-state index in [2.05, 4.69) is 5.32 Å². The van der Waals surface area contributed by atoms with Crippen LogP contribution in [-0.4, -0.2) is 23.1 Å². The van der Waals surface area contributed by atoms with Crippen LogP contribution in [0.5, 0.6) is 5.75 Å². The van der Waals surface area contributed by atoms with Gasteiger partial charge in [0, 0.05) is 11.3 Å². The van der Waals surface area contributed by atoms with Gasteiger partial charge in [-0.15, -0.1) is 11.3 Å². The van der Waals surface area contributed by atoms with E-state index in [0.29, 0.717) is 12.2 Å². The summed E-state index contributed by atoms with van der Waals surface area (Å²) in [5.74, 6) is -0.515. The van der Waals surface area contributed by atoms with Crippen molar-refractivity contribution in [1.29, 1.82) is 0 Å². The predicted octanol–water partition coefficient (Wildman–Crippen LogP) is 2.38. The number of thiophene rings is 1. The molecule has 22 heavy (non-hydrogen) atoms. The summed E-state index contributed by atoms with van der Waals surface area (Å²) >= 11 is 1.43. The number of benzene rings is 1. The number of amides is 1. The van der Waals surface area contributed by atoms with Crippen molar-refractivity contribution in [2.45, 2.75) is 25.0 Å². The number of nitrogens with one attached hydrogen (secondary N) is 1. The lowest BCUT2D eigenvalue weighted by molar-refractivity contribution is -0.138. The van der Waals surface area contributed by atoms with Crippen molar-refractivity contribution in [3.8, 4) is 5.75 Å². The number of hydrogen-bond acceptors (Lipinski definition) is 4. The first-order valence-electron chi connectivity index (χ1n) is 6.93. The second-order valence-electron chi connectivity index (χ2n) is 5.09. The van der Waals surface area contributed by atoms with Crippen LogP contribution in [0.2, 0.25) is 0 Å². The highest BCUT2D eigenvalue weighted by atomic mass is 32.1. The Labute approximate surface area is 131 Å². The van der Waals surface area contributed by atoms with Crippen LogP contribution in [0.1, 0.15) is 22.9 Å². The number of carbonyl (C=O) groups is 2. The van der Waals surface area contributed by atoms with Gasteiger partial charge in [-0.2, -0.15) is 0 Å². The minimum Gasteiger partial charge on any atom is -0.481 e. The summed E-state index contributed by atoms with van der Waals surface area (Å²) in [6, 6.07) is 10.6. The van der Waals surface area contributed by atoms with Gasteiger partial charge >= 0.3 is 5.97 Å². The Morgan fingerprint density at radius 1 is 1.32 bits per heavy atom. The summed E-state index contributed by atoms with van der Waals surface area (Å²) in [6.45, 7) is 0. The van der Waals surface area contributed by atoms with Crippen molar-refractivity contribution in [1.82, 2.24) is 5.32 Å². The average Bonchev–Trinajstić information content (AvgIpc) is 3.15. The second-order valence-corrected chi connectivity index (χ2v) is 6.07. The number of ether oxygens (including phenoxy) is 1. The van der Waals surface area contributed by atoms with Crippen molar-refractivity contribution < 1.29 is 19.4 Å². The van der Waals surface area contributed by atoms with Crippen molar-refractivity contribution in [3.63, 3.8) is 0 Å². The molecule has 0 fully saturated rings. The van der Waals surface area contributed by atoms with Crippen molar-refractivity contribution >= 4 is 23.2 Å². The first-order valence-corrected chi connectivity index (χ1v) is 7.81. The number of para-hydroxylation sites is 1. The molecule has 2 atom stereocenters. The maximum Gasteiger partial charge on any atom is 0.305 e. The highest BCUT2D eigenvalue weighted by Gasteiger charge is 2.31. The van der Waals surface area contributed by atoms with Gasteiger partial charge in [-0.25, -0.2) is 0 Å². The van der Waals surface area contributed by atoms with E-state index in [1.54, 1.807) is 0 Å². The molecule has 6 heteroatoms. The molecule has 1 aliphatic heterocycles. The van der Waals surface area contributed by atoms with Gasteiger partial charge in [0.15, 0.2) is 6.10 Å². The summed E-state index contributed by atoms with van der Waals surface area (Å²) in [6.07, 6.45) is -0.244. The molecule has 2 N–H and O–H groups in total. The molecule has 0 bridgehead atoms. The molecule has 1 amide bonds. The Morgan fingerprint density at radius 3 is 2.82 bits per heavy atom. The minimum absolute atomic E-state index is 0.147. The topological polar surface area (TPSA) is 75.6 Å². The largest absolute Gasteiger partial charge is 0.481 e. The van der Waals surface area contributed by atoms with Gasteiger partial charge in [-0.1, -0.05) is 24.3 Å². The molecule has 1 aromatic carbocycles. The maximum absolute atomic E-state index is 12.4. The Morgan fingerprint density at radius 2 is 2.14 bits per heavy atom. The zero-order valence-electron chi connectivity index (χ0n) is 11.7. The van der Waals surface area contributed by atoms with Crippen LogP contribution in [0, 0.1) is 0 Å². The van der Waals surface area contributed by atoms with Gasteiger partial charge in [-0.05, 0) is 23.1 Å². The lowest BCUT2D eigenvalue weighted by atomic mass is 10.1. The molecule has 1 aromatic heterocycles. The van der Waals surface area contributed by atoms with E-state index in [0.717, 1.165) is 10.4 Å². The van der Waals surface area contributed by atoms with E-state index >= 15 is 0 Å². The van der Waals surface area contributed by atoms with Crippen LogP contribution in [-0.2, 0) is 16.0 Å². The summed E-state index contributed by atoms with van der Waals surface area (Å²) in [5.41, 5.74) is 0.994. The number of aliphatic carboxylic acids is 1. The highest BCUT2D eigenvalue weighted by molar-refractivity contribution is 7.10. The van der Waals surface area contributed by atoms with E-state index in [1.807, 2.05) is 41.8 Å². The van der Waals surface area contributed by atoms with E-state index in [-0.39, 0.29) is 12.3 Å². The standard InChI is InChI=1S/C16H15NO4S/c18-15(19)9-11(14-6-3-7-22-14)17-16(20)13-8-10-4-1-2-5-12(10)21-13/h1-7,11,13H,8-9H2,(H,17,20)(H,18,19)/t11-,13-/m0/s1. The van der Waals surface area contributed by atoms with E-state index < -0.39 is 18.1 Å². The fraction of sp³-hybridized carbons (Fsp3) is 0.250. The predicted molar refractivity (Wildman–Crippen MR) is 82.0 cm³/mol. The monoisotopic (exact) mass is 317 g/mol. The second kappa shape index (κ2) is 6.19. The molecule has 0 spiro atoms. The number of carbonyl (C=O) groups excluding carboxylic acids is 1. The molecule has 114 valence electrons. The number of carboxylic acid groups (broad SMARTS) is 1. The molecular weight excluding hydrogens is 302 g/mol. The molecule has 0 unspecified atom stereocenters. The van der Waals surface area contributed by atoms with Gasteiger partial charge in [0.1, 0.15) is 5.75 Å². The van der Waals surface area contributed by atoms with Gasteiger partial charge in [-0.3, -0.25) is 9.59 Å². The average molecular weight is 317 g/mol. The van der Waals surface area contributed by atoms with E-state index in [9.17, 15) is 9.59 Å². The molecule has 0 radical (unpaired) electrons. The van der Waals surface area contributed by atoms with Crippen LogP contribution < -0.4 is 10.1 Å². The SMILES string of the molecule is O=C(O)C[C@H](NC(=O)[C@@H]1Cc2ccccc2O1)c1cccs1. The number of fused-ring (bicyclic) bond motifs is 1. The Balaban J connectivity index is 1.69. The summed E-state index contributed by atoms with van der Waals surface area (Å²) in [5, 5.41) is 13.7. The fourth-order valence-electron chi connectivity index (χ4n) is 2.48. The van der Waals surface area contributed by atoms with Crippen molar-refractivity contribution in [2.75, 3.05) is 0 Å². The van der Waals surface area contributed by atoms with Gasteiger partial charge in [0.05, 0.1) is 12.5 Å². The molecule has 0 saturated carbocycles. The zero-order valence-corrected chi connectivity index (χ0v) is 12.5. The van der Waals surface area contributed by atoms with Crippen LogP contribution in [0.15, 0.2) is 41.8 Å². The summed E-state index contributed by atoms with van der Waals surface area (Å²) in [7, 11) is 0. The lowest BCUT2D eigenvalue weighted by Gasteiger charge is -2.18. The van der Waals surface area contributed by atoms with Crippen LogP contribution >= 0.6 is 11.3 Å². The number of rotatable bonds is 5. The molecule has 0 saturated heterocycles. The summed E-state index contributed by atoms with van der Waals surface area (Å²) in [4.78, 5) is 24.2. The normalized spacial score (nSPS) is 17.4. The summed E-state index contributed by atoms with van der Waals surface area (Å²) < 4.78 is 5.64. The van der Waals surface area contributed by atoms with Gasteiger partial charge in [0.25, 0.3) is 5.91 Å². The van der Waals surface area contributed by atoms with Crippen molar-refractivity contribution in [2.24, 2.45) is 0 Å². The minimum atomic E-state index is -0.950. The Bertz CT molecular complexity index is 658. The van der Waals surface area contributed by atoms with Crippen LogP contribution in [0.3, 0.4) is 0 Å². The molecule has 0 aliphatic carbocycles. The third kappa shape index (κ3) is 3.12. The third-order valence-electron chi connectivity index (χ3n) is 3.52. The fourth-order valence-corrected chi connectivity index (χ4v) is 3.26. The van der Waals surface area contributed by atoms with E-state index in [1.165, 1.54) is 11.3 Å². The molecule has 2 aromatic rings. The maximum atomic E-state index is 12.4. The Hall–Kier alpha value is -2.34. The molecule has 3 rings (SSSR count). The number of hydrogen-bond donors (Lipinski definition) is 2. The quantitative estimate of drug-likeness (QED) is 0.888. The van der Waals surface area contributed by atoms with E-state index in [4.69, 9.17) is 9.84 Å². The first kappa shape index (κ1) is 14.6. The van der Waals surface area contributed by atoms with Crippen LogP contribution in [0.25, 0.3) is 0 Å². The highest BCUT2D eigenvalue weighted by Crippen LogP contribution is 2.29. The third-order valence-corrected chi connectivity index (χ3v) is 4.51. The molecule has 5 nitrogen and oxygen atoms in total. The van der Waals surface area contributed by atoms with Gasteiger partial charge in [0.2, 0.25) is 0 Å². The van der Waals surface area contributed by atoms with Gasteiger partial charge < -0.3 is 15.2 Å². The smallest absolute Gasteiger partial charge is 0.305 e. The lowest BCUT2D eigenvalue weighted by Crippen LogP contribution is -2.40. The number of carboxylic acids is 1.